The van der Waals surface area contributed by atoms with Crippen LogP contribution in [0.15, 0.2) is 0 Å². The second kappa shape index (κ2) is 10.7. The summed E-state index contributed by atoms with van der Waals surface area (Å²) in [6, 6.07) is 0. The lowest BCUT2D eigenvalue weighted by molar-refractivity contribution is -0.122. The number of ketones is 3. The van der Waals surface area contributed by atoms with Crippen molar-refractivity contribution in [3.8, 4) is 0 Å². The highest BCUT2D eigenvalue weighted by Crippen LogP contribution is 1.95. The molecule has 0 saturated heterocycles. The first-order valence-electron chi connectivity index (χ1n) is 6.77. The molecule has 0 atom stereocenters. The van der Waals surface area contributed by atoms with E-state index in [1.54, 1.807) is 14.0 Å². The van der Waals surface area contributed by atoms with Crippen LogP contribution in [0.3, 0.4) is 0 Å². The van der Waals surface area contributed by atoms with E-state index in [1.165, 1.54) is 13.8 Å². The van der Waals surface area contributed by atoms with E-state index in [1.807, 2.05) is 9.80 Å². The monoisotopic (exact) mass is 286 g/mol. The van der Waals surface area contributed by atoms with Gasteiger partial charge in [0.25, 0.3) is 0 Å². The maximum Gasteiger partial charge on any atom is 0.143 e. The molecular formula is C14H26N2O4. The molecule has 0 aliphatic rings. The molecule has 0 rings (SSSR count). The van der Waals surface area contributed by atoms with Crippen LogP contribution in [0.5, 0.6) is 0 Å². The van der Waals surface area contributed by atoms with Gasteiger partial charge in [0.2, 0.25) is 0 Å². The van der Waals surface area contributed by atoms with Crippen LogP contribution in [0.4, 0.5) is 0 Å². The van der Waals surface area contributed by atoms with Gasteiger partial charge in [-0.25, -0.2) is 0 Å². The van der Waals surface area contributed by atoms with Gasteiger partial charge in [-0.1, -0.05) is 0 Å². The largest absolute Gasteiger partial charge is 0.383 e. The van der Waals surface area contributed by atoms with Crippen molar-refractivity contribution < 1.29 is 19.1 Å². The molecule has 0 heterocycles. The van der Waals surface area contributed by atoms with Gasteiger partial charge in [0.15, 0.2) is 0 Å². The highest BCUT2D eigenvalue weighted by atomic mass is 16.5. The summed E-state index contributed by atoms with van der Waals surface area (Å²) < 4.78 is 5.02. The molecule has 0 aromatic rings. The van der Waals surface area contributed by atoms with Crippen molar-refractivity contribution in [3.05, 3.63) is 0 Å². The second-order valence-electron chi connectivity index (χ2n) is 5.09. The number of methoxy groups -OCH3 is 1. The van der Waals surface area contributed by atoms with Crippen LogP contribution in [0, 0.1) is 0 Å². The molecule has 0 amide bonds. The summed E-state index contributed by atoms with van der Waals surface area (Å²) in [5.41, 5.74) is 0. The van der Waals surface area contributed by atoms with Crippen LogP contribution >= 0.6 is 0 Å². The smallest absolute Gasteiger partial charge is 0.143 e. The first kappa shape index (κ1) is 18.9. The number of carbonyl (C=O) groups excluding carboxylic acids is 3. The molecule has 0 saturated carbocycles. The van der Waals surface area contributed by atoms with Crippen LogP contribution in [-0.4, -0.2) is 80.1 Å². The van der Waals surface area contributed by atoms with Crippen LogP contribution in [0.1, 0.15) is 20.8 Å². The Morgan fingerprint density at radius 2 is 1.15 bits per heavy atom. The number of ether oxygens (including phenoxy) is 1. The molecule has 0 aliphatic heterocycles. The highest BCUT2D eigenvalue weighted by molar-refractivity contribution is 5.80. The summed E-state index contributed by atoms with van der Waals surface area (Å²) in [5, 5.41) is 0. The zero-order valence-electron chi connectivity index (χ0n) is 13.0. The second-order valence-corrected chi connectivity index (χ2v) is 5.09. The van der Waals surface area contributed by atoms with E-state index in [0.717, 1.165) is 0 Å². The Bertz CT molecular complexity index is 315. The fourth-order valence-corrected chi connectivity index (χ4v) is 1.93. The fourth-order valence-electron chi connectivity index (χ4n) is 1.93. The van der Waals surface area contributed by atoms with Gasteiger partial charge in [-0.05, 0) is 20.8 Å². The average Bonchev–Trinajstić information content (AvgIpc) is 2.30. The molecular weight excluding hydrogens is 260 g/mol. The minimum Gasteiger partial charge on any atom is -0.383 e. The van der Waals surface area contributed by atoms with Crippen molar-refractivity contribution in [2.75, 3.05) is 53.0 Å². The molecule has 0 N–H and O–H groups in total. The minimum atomic E-state index is 0.0289. The first-order chi connectivity index (χ1) is 9.35. The summed E-state index contributed by atoms with van der Waals surface area (Å²) in [6.07, 6.45) is 0. The van der Waals surface area contributed by atoms with Gasteiger partial charge in [-0.2, -0.15) is 0 Å². The Morgan fingerprint density at radius 1 is 0.750 bits per heavy atom. The van der Waals surface area contributed by atoms with Crippen LogP contribution in [0.25, 0.3) is 0 Å². The van der Waals surface area contributed by atoms with Crippen molar-refractivity contribution in [2.45, 2.75) is 20.8 Å². The van der Waals surface area contributed by atoms with Crippen molar-refractivity contribution in [3.63, 3.8) is 0 Å². The van der Waals surface area contributed by atoms with Crippen LogP contribution < -0.4 is 0 Å². The Labute approximate surface area is 121 Å². The third-order valence-electron chi connectivity index (χ3n) is 2.68. The highest BCUT2D eigenvalue weighted by Gasteiger charge is 2.13. The fraction of sp³-hybridized carbons (Fsp3) is 0.786. The first-order valence-corrected chi connectivity index (χ1v) is 6.77. The molecule has 0 aliphatic carbocycles. The Hall–Kier alpha value is -1.11. The quantitative estimate of drug-likeness (QED) is 0.503. The number of carbonyl (C=O) groups is 3. The Morgan fingerprint density at radius 3 is 1.55 bits per heavy atom. The van der Waals surface area contributed by atoms with Crippen molar-refractivity contribution in [1.82, 2.24) is 9.80 Å². The molecule has 20 heavy (non-hydrogen) atoms. The van der Waals surface area contributed by atoms with Crippen LogP contribution in [-0.2, 0) is 19.1 Å². The van der Waals surface area contributed by atoms with Crippen LogP contribution in [0.2, 0.25) is 0 Å². The maximum absolute atomic E-state index is 11.2. The van der Waals surface area contributed by atoms with Gasteiger partial charge in [0.1, 0.15) is 17.3 Å². The lowest BCUT2D eigenvalue weighted by Gasteiger charge is -2.25. The molecule has 0 unspecified atom stereocenters. The van der Waals surface area contributed by atoms with E-state index in [0.29, 0.717) is 32.8 Å². The van der Waals surface area contributed by atoms with Gasteiger partial charge >= 0.3 is 0 Å². The molecule has 6 heteroatoms. The number of hydrogen-bond donors (Lipinski definition) is 0. The SMILES string of the molecule is COCCN(CCN(CC(C)=O)CC(C)=O)CC(C)=O. The Kier molecular flexibility index (Phi) is 10.1. The van der Waals surface area contributed by atoms with E-state index < -0.39 is 0 Å². The summed E-state index contributed by atoms with van der Waals surface area (Å²) in [6.45, 7) is 7.85. The zero-order valence-corrected chi connectivity index (χ0v) is 13.0. The van der Waals surface area contributed by atoms with E-state index in [4.69, 9.17) is 4.74 Å². The predicted octanol–water partition coefficient (Wildman–Crippen LogP) is 0.00380. The molecule has 0 spiro atoms. The molecule has 0 fully saturated rings. The van der Waals surface area contributed by atoms with E-state index >= 15 is 0 Å². The molecule has 116 valence electrons. The predicted molar refractivity (Wildman–Crippen MR) is 76.8 cm³/mol. The topological polar surface area (TPSA) is 66.9 Å². The summed E-state index contributed by atoms with van der Waals surface area (Å²) in [4.78, 5) is 37.4. The summed E-state index contributed by atoms with van der Waals surface area (Å²) in [5.74, 6) is 0.147. The average molecular weight is 286 g/mol. The van der Waals surface area contributed by atoms with E-state index in [-0.39, 0.29) is 30.4 Å². The number of hydrogen-bond acceptors (Lipinski definition) is 6. The summed E-state index contributed by atoms with van der Waals surface area (Å²) >= 11 is 0. The van der Waals surface area contributed by atoms with E-state index in [2.05, 4.69) is 0 Å². The third kappa shape index (κ3) is 10.8. The molecule has 0 aromatic carbocycles. The van der Waals surface area contributed by atoms with Gasteiger partial charge in [-0.3, -0.25) is 24.2 Å². The van der Waals surface area contributed by atoms with Crippen molar-refractivity contribution in [1.29, 1.82) is 0 Å². The van der Waals surface area contributed by atoms with Gasteiger partial charge in [0.05, 0.1) is 26.2 Å². The zero-order chi connectivity index (χ0) is 15.5. The third-order valence-corrected chi connectivity index (χ3v) is 2.68. The maximum atomic E-state index is 11.2. The van der Waals surface area contributed by atoms with E-state index in [9.17, 15) is 14.4 Å². The molecule has 6 nitrogen and oxygen atoms in total. The number of nitrogens with zero attached hydrogens (tertiary/aromatic N) is 2. The van der Waals surface area contributed by atoms with Gasteiger partial charge in [-0.15, -0.1) is 0 Å². The molecule has 0 aromatic heterocycles. The molecule has 0 radical (unpaired) electrons. The number of Topliss-reactive ketones (excluding diaryl/α,β-unsaturated/α-hetero) is 3. The van der Waals surface area contributed by atoms with Crippen molar-refractivity contribution >= 4 is 17.3 Å². The van der Waals surface area contributed by atoms with Gasteiger partial charge in [0, 0.05) is 26.7 Å². The lowest BCUT2D eigenvalue weighted by Crippen LogP contribution is -2.41. The minimum absolute atomic E-state index is 0.0289. The van der Waals surface area contributed by atoms with Gasteiger partial charge < -0.3 is 4.74 Å². The number of rotatable bonds is 12. The lowest BCUT2D eigenvalue weighted by atomic mass is 10.3. The normalized spacial score (nSPS) is 11.1. The molecule has 0 bridgehead atoms. The standard InChI is InChI=1S/C14H26N2O4/c1-12(17)9-15(7-8-20-4)5-6-16(10-13(2)18)11-14(3)19/h5-11H2,1-4H3. The Balaban J connectivity index is 4.38. The van der Waals surface area contributed by atoms with Crippen molar-refractivity contribution in [2.24, 2.45) is 0 Å². The summed E-state index contributed by atoms with van der Waals surface area (Å²) in [7, 11) is 1.61.